The summed E-state index contributed by atoms with van der Waals surface area (Å²) in [6.07, 6.45) is 0.593. The fourth-order valence-electron chi connectivity index (χ4n) is 2.79. The molecule has 7 heteroatoms. The predicted molar refractivity (Wildman–Crippen MR) is 112 cm³/mol. The van der Waals surface area contributed by atoms with E-state index in [1.165, 1.54) is 10.3 Å². The molecular weight excluding hydrogens is 378 g/mol. The first-order valence-electron chi connectivity index (χ1n) is 8.51. The predicted octanol–water partition coefficient (Wildman–Crippen LogP) is 5.73. The van der Waals surface area contributed by atoms with E-state index in [9.17, 15) is 9.90 Å². The molecule has 0 fully saturated rings. The summed E-state index contributed by atoms with van der Waals surface area (Å²) >= 11 is 2.84. The van der Waals surface area contributed by atoms with Crippen LogP contribution in [0.2, 0.25) is 0 Å². The first-order chi connectivity index (χ1) is 13.0. The Morgan fingerprint density at radius 2 is 1.89 bits per heavy atom. The van der Waals surface area contributed by atoms with Crippen molar-refractivity contribution in [1.29, 1.82) is 0 Å². The van der Waals surface area contributed by atoms with Crippen LogP contribution in [-0.2, 0) is 6.42 Å². The Kier molecular flexibility index (Phi) is 4.63. The Morgan fingerprint density at radius 3 is 2.56 bits per heavy atom. The average molecular weight is 396 g/mol. The molecule has 0 amide bonds. The maximum atomic E-state index is 11.3. The van der Waals surface area contributed by atoms with E-state index in [0.717, 1.165) is 33.1 Å². The van der Waals surface area contributed by atoms with E-state index < -0.39 is 5.97 Å². The van der Waals surface area contributed by atoms with Crippen LogP contribution in [0.4, 0.5) is 10.8 Å². The number of anilines is 2. The quantitative estimate of drug-likeness (QED) is 0.451. The van der Waals surface area contributed by atoms with Crippen LogP contribution in [0.3, 0.4) is 0 Å². The van der Waals surface area contributed by atoms with Gasteiger partial charge in [0.15, 0.2) is 5.13 Å². The SMILES string of the molecule is CCc1nc(Nc2ccc(-c3nc4ccc(C)cc4s3)cc2)sc1C(=O)O. The number of thiazole rings is 2. The highest BCUT2D eigenvalue weighted by Crippen LogP contribution is 2.32. The van der Waals surface area contributed by atoms with Gasteiger partial charge in [-0.05, 0) is 55.3 Å². The molecule has 136 valence electrons. The second-order valence-corrected chi connectivity index (χ2v) is 8.18. The molecule has 0 aliphatic rings. The Labute approximate surface area is 164 Å². The molecule has 0 unspecified atom stereocenters. The number of carboxylic acid groups (broad SMARTS) is 1. The fraction of sp³-hybridized carbons (Fsp3) is 0.150. The molecule has 0 aliphatic heterocycles. The smallest absolute Gasteiger partial charge is 0.347 e. The van der Waals surface area contributed by atoms with Crippen LogP contribution in [0.15, 0.2) is 42.5 Å². The summed E-state index contributed by atoms with van der Waals surface area (Å²) in [5.74, 6) is -0.932. The van der Waals surface area contributed by atoms with Crippen molar-refractivity contribution in [3.63, 3.8) is 0 Å². The molecule has 4 rings (SSSR count). The van der Waals surface area contributed by atoms with Crippen LogP contribution < -0.4 is 5.32 Å². The topological polar surface area (TPSA) is 75.1 Å². The van der Waals surface area contributed by atoms with E-state index in [1.807, 2.05) is 31.2 Å². The number of aromatic carboxylic acids is 1. The maximum Gasteiger partial charge on any atom is 0.347 e. The van der Waals surface area contributed by atoms with Gasteiger partial charge in [0.1, 0.15) is 9.88 Å². The number of carboxylic acids is 1. The number of aromatic nitrogens is 2. The summed E-state index contributed by atoms with van der Waals surface area (Å²) in [5, 5.41) is 14.0. The number of benzene rings is 2. The monoisotopic (exact) mass is 395 g/mol. The molecule has 4 aromatic rings. The second kappa shape index (κ2) is 7.09. The number of nitrogens with zero attached hydrogens (tertiary/aromatic N) is 2. The van der Waals surface area contributed by atoms with Crippen LogP contribution >= 0.6 is 22.7 Å². The third-order valence-electron chi connectivity index (χ3n) is 4.15. The molecule has 5 nitrogen and oxygen atoms in total. The molecule has 0 bridgehead atoms. The number of hydrogen-bond acceptors (Lipinski definition) is 6. The van der Waals surface area contributed by atoms with Gasteiger partial charge < -0.3 is 10.4 Å². The van der Waals surface area contributed by atoms with Crippen molar-refractivity contribution < 1.29 is 9.90 Å². The lowest BCUT2D eigenvalue weighted by Crippen LogP contribution is -1.97. The minimum Gasteiger partial charge on any atom is -0.477 e. The minimum absolute atomic E-state index is 0.293. The number of rotatable bonds is 5. The molecule has 2 aromatic carbocycles. The zero-order valence-corrected chi connectivity index (χ0v) is 16.4. The highest BCUT2D eigenvalue weighted by atomic mass is 32.1. The van der Waals surface area contributed by atoms with Gasteiger partial charge in [-0.1, -0.05) is 24.3 Å². The minimum atomic E-state index is -0.932. The number of carbonyl (C=O) groups is 1. The van der Waals surface area contributed by atoms with Crippen molar-refractivity contribution in [2.24, 2.45) is 0 Å². The largest absolute Gasteiger partial charge is 0.477 e. The van der Waals surface area contributed by atoms with E-state index in [4.69, 9.17) is 4.98 Å². The van der Waals surface area contributed by atoms with E-state index in [2.05, 4.69) is 35.4 Å². The molecule has 0 saturated heterocycles. The van der Waals surface area contributed by atoms with Crippen molar-refractivity contribution in [3.05, 3.63) is 58.6 Å². The Morgan fingerprint density at radius 1 is 1.11 bits per heavy atom. The van der Waals surface area contributed by atoms with Gasteiger partial charge in [0.25, 0.3) is 0 Å². The van der Waals surface area contributed by atoms with Crippen molar-refractivity contribution in [2.45, 2.75) is 20.3 Å². The number of hydrogen-bond donors (Lipinski definition) is 2. The Balaban J connectivity index is 1.57. The van der Waals surface area contributed by atoms with E-state index in [-0.39, 0.29) is 0 Å². The van der Waals surface area contributed by atoms with Gasteiger partial charge in [0.05, 0.1) is 15.9 Å². The average Bonchev–Trinajstić information content (AvgIpc) is 3.25. The summed E-state index contributed by atoms with van der Waals surface area (Å²) in [4.78, 5) is 20.7. The number of aryl methyl sites for hydroxylation is 2. The molecule has 2 aromatic heterocycles. The van der Waals surface area contributed by atoms with Crippen LogP contribution in [-0.4, -0.2) is 21.0 Å². The van der Waals surface area contributed by atoms with Crippen LogP contribution in [0.5, 0.6) is 0 Å². The molecule has 0 atom stereocenters. The van der Waals surface area contributed by atoms with Crippen LogP contribution in [0.25, 0.3) is 20.8 Å². The van der Waals surface area contributed by atoms with Crippen LogP contribution in [0.1, 0.15) is 27.9 Å². The highest BCUT2D eigenvalue weighted by molar-refractivity contribution is 7.21. The number of nitrogens with one attached hydrogen (secondary N) is 1. The molecule has 27 heavy (non-hydrogen) atoms. The molecule has 0 radical (unpaired) electrons. The fourth-order valence-corrected chi connectivity index (χ4v) is 4.77. The standard InChI is InChI=1S/C20H17N3O2S2/c1-3-14-17(19(24)25)27-20(23-14)21-13-7-5-12(6-8-13)18-22-15-9-4-11(2)10-16(15)26-18/h4-10H,3H2,1-2H3,(H,21,23)(H,24,25). The summed E-state index contributed by atoms with van der Waals surface area (Å²) < 4.78 is 1.18. The Bertz CT molecular complexity index is 1130. The van der Waals surface area contributed by atoms with Crippen LogP contribution in [0, 0.1) is 6.92 Å². The van der Waals surface area contributed by atoms with Gasteiger partial charge in [-0.15, -0.1) is 11.3 Å². The zero-order valence-electron chi connectivity index (χ0n) is 14.8. The summed E-state index contributed by atoms with van der Waals surface area (Å²) in [5.41, 5.74) is 4.77. The Hall–Kier alpha value is -2.77. The molecule has 2 N–H and O–H groups in total. The molecule has 0 aliphatic carbocycles. The lowest BCUT2D eigenvalue weighted by Gasteiger charge is -2.03. The van der Waals surface area contributed by atoms with Gasteiger partial charge >= 0.3 is 5.97 Å². The lowest BCUT2D eigenvalue weighted by atomic mass is 10.2. The molecule has 0 saturated carbocycles. The third kappa shape index (κ3) is 3.56. The normalized spacial score (nSPS) is 11.0. The van der Waals surface area contributed by atoms with Gasteiger partial charge in [0.2, 0.25) is 0 Å². The summed E-state index contributed by atoms with van der Waals surface area (Å²) in [6, 6.07) is 14.2. The van der Waals surface area contributed by atoms with E-state index in [1.54, 1.807) is 11.3 Å². The first kappa shape index (κ1) is 17.6. The molecular formula is C20H17N3O2S2. The van der Waals surface area contributed by atoms with E-state index >= 15 is 0 Å². The number of fused-ring (bicyclic) bond motifs is 1. The van der Waals surface area contributed by atoms with Crippen molar-refractivity contribution >= 4 is 49.7 Å². The third-order valence-corrected chi connectivity index (χ3v) is 6.22. The lowest BCUT2D eigenvalue weighted by molar-refractivity contribution is 0.0701. The first-order valence-corrected chi connectivity index (χ1v) is 10.1. The van der Waals surface area contributed by atoms with Crippen molar-refractivity contribution in [3.8, 4) is 10.6 Å². The van der Waals surface area contributed by atoms with Gasteiger partial charge in [-0.3, -0.25) is 0 Å². The van der Waals surface area contributed by atoms with Gasteiger partial charge in [-0.2, -0.15) is 0 Å². The van der Waals surface area contributed by atoms with Crippen molar-refractivity contribution in [1.82, 2.24) is 9.97 Å². The zero-order chi connectivity index (χ0) is 19.0. The highest BCUT2D eigenvalue weighted by Gasteiger charge is 2.16. The van der Waals surface area contributed by atoms with Gasteiger partial charge in [-0.25, -0.2) is 14.8 Å². The summed E-state index contributed by atoms with van der Waals surface area (Å²) in [6.45, 7) is 3.98. The summed E-state index contributed by atoms with van der Waals surface area (Å²) in [7, 11) is 0. The second-order valence-electron chi connectivity index (χ2n) is 6.15. The maximum absolute atomic E-state index is 11.3. The molecule has 0 spiro atoms. The van der Waals surface area contributed by atoms with Gasteiger partial charge in [0, 0.05) is 11.3 Å². The van der Waals surface area contributed by atoms with E-state index in [0.29, 0.717) is 22.1 Å². The molecule has 2 heterocycles. The van der Waals surface area contributed by atoms with Crippen molar-refractivity contribution in [2.75, 3.05) is 5.32 Å².